The van der Waals surface area contributed by atoms with E-state index >= 15 is 0 Å². The quantitative estimate of drug-likeness (QED) is 0.569. The van der Waals surface area contributed by atoms with Crippen molar-refractivity contribution in [3.8, 4) is 22.5 Å². The van der Waals surface area contributed by atoms with Gasteiger partial charge in [0.25, 0.3) is 0 Å². The van der Waals surface area contributed by atoms with Gasteiger partial charge in [0.05, 0.1) is 17.9 Å². The normalized spacial score (nSPS) is 16.8. The number of amides is 1. The van der Waals surface area contributed by atoms with E-state index in [4.69, 9.17) is 11.6 Å². The third-order valence-corrected chi connectivity index (χ3v) is 6.00. The summed E-state index contributed by atoms with van der Waals surface area (Å²) in [7, 11) is 0. The summed E-state index contributed by atoms with van der Waals surface area (Å²) >= 11 is 6.05. The Kier molecular flexibility index (Phi) is 6.64. The van der Waals surface area contributed by atoms with Gasteiger partial charge in [-0.15, -0.1) is 0 Å². The van der Waals surface area contributed by atoms with Crippen molar-refractivity contribution in [2.75, 3.05) is 18.4 Å². The molecule has 0 spiro atoms. The molecule has 3 aromatic rings. The Bertz CT molecular complexity index is 986. The molecule has 1 atom stereocenters. The lowest BCUT2D eigenvalue weighted by molar-refractivity contribution is -0.118. The zero-order chi connectivity index (χ0) is 21.8. The molecular weight excluding hydrogens is 408 g/mol. The number of halogens is 1. The van der Waals surface area contributed by atoms with Crippen molar-refractivity contribution in [3.05, 3.63) is 65.2 Å². The number of hydrogen-bond acceptors (Lipinski definition) is 4. The molecule has 1 aromatic heterocycles. The smallest absolute Gasteiger partial charge is 0.240 e. The molecule has 160 valence electrons. The summed E-state index contributed by atoms with van der Waals surface area (Å²) in [5, 5.41) is 3.59. The average molecular weight is 435 g/mol. The molecule has 31 heavy (non-hydrogen) atoms. The first kappa shape index (κ1) is 21.5. The number of carbonyl (C=O) groups excluding carboxylic acids is 1. The van der Waals surface area contributed by atoms with E-state index in [0.717, 1.165) is 41.9 Å². The number of aryl methyl sites for hydroxylation is 1. The third kappa shape index (κ3) is 5.49. The second-order valence-corrected chi connectivity index (χ2v) is 8.63. The summed E-state index contributed by atoms with van der Waals surface area (Å²) in [6.45, 7) is 5.54. The number of nitrogens with one attached hydrogen (secondary N) is 1. The maximum Gasteiger partial charge on any atom is 0.240 e. The van der Waals surface area contributed by atoms with Crippen LogP contribution in [0.25, 0.3) is 22.5 Å². The van der Waals surface area contributed by atoms with Crippen LogP contribution in [-0.2, 0) is 4.79 Å². The highest BCUT2D eigenvalue weighted by atomic mass is 35.5. The van der Waals surface area contributed by atoms with E-state index in [-0.39, 0.29) is 5.91 Å². The van der Waals surface area contributed by atoms with Gasteiger partial charge in [-0.1, -0.05) is 60.0 Å². The predicted molar refractivity (Wildman–Crippen MR) is 126 cm³/mol. The number of hydrogen-bond donors (Lipinski definition) is 1. The second-order valence-electron chi connectivity index (χ2n) is 8.20. The first-order valence-corrected chi connectivity index (χ1v) is 11.1. The van der Waals surface area contributed by atoms with Crippen LogP contribution in [0, 0.1) is 6.92 Å². The Labute approximate surface area is 188 Å². The van der Waals surface area contributed by atoms with Crippen LogP contribution in [0.2, 0.25) is 5.02 Å². The van der Waals surface area contributed by atoms with E-state index < -0.39 is 0 Å². The molecule has 6 heteroatoms. The highest BCUT2D eigenvalue weighted by Crippen LogP contribution is 2.26. The van der Waals surface area contributed by atoms with Gasteiger partial charge < -0.3 is 0 Å². The van der Waals surface area contributed by atoms with Gasteiger partial charge in [-0.3, -0.25) is 15.0 Å². The second kappa shape index (κ2) is 9.58. The highest BCUT2D eigenvalue weighted by Gasteiger charge is 2.21. The van der Waals surface area contributed by atoms with Crippen LogP contribution in [0.15, 0.2) is 54.6 Å². The fourth-order valence-electron chi connectivity index (χ4n) is 3.89. The Morgan fingerprint density at radius 1 is 1.03 bits per heavy atom. The zero-order valence-corrected chi connectivity index (χ0v) is 18.7. The average Bonchev–Trinajstić information content (AvgIpc) is 2.76. The lowest BCUT2D eigenvalue weighted by Gasteiger charge is -2.32. The van der Waals surface area contributed by atoms with E-state index in [1.54, 1.807) is 0 Å². The molecule has 1 unspecified atom stereocenters. The molecule has 5 nitrogen and oxygen atoms in total. The monoisotopic (exact) mass is 434 g/mol. The minimum Gasteiger partial charge on any atom is -0.293 e. The van der Waals surface area contributed by atoms with E-state index in [9.17, 15) is 4.79 Å². The van der Waals surface area contributed by atoms with Gasteiger partial charge in [-0.25, -0.2) is 9.97 Å². The molecule has 0 radical (unpaired) electrons. The van der Waals surface area contributed by atoms with Crippen LogP contribution in [0.1, 0.15) is 31.7 Å². The van der Waals surface area contributed by atoms with E-state index in [2.05, 4.69) is 46.2 Å². The number of piperidine rings is 1. The molecule has 1 aliphatic heterocycles. The highest BCUT2D eigenvalue weighted by molar-refractivity contribution is 6.30. The molecule has 1 aliphatic rings. The molecule has 1 saturated heterocycles. The van der Waals surface area contributed by atoms with Gasteiger partial charge >= 0.3 is 0 Å². The number of carbonyl (C=O) groups is 1. The standard InChI is InChI=1S/C25H27ClN4O/c1-17-6-8-19(9-7-17)22-15-23(20-10-12-21(26)13-11-20)28-25(27-22)29-24(31)16-30-14-4-3-5-18(30)2/h6-13,15,18H,3-5,14,16H2,1-2H3,(H,27,28,29,31). The first-order chi connectivity index (χ1) is 15.0. The summed E-state index contributed by atoms with van der Waals surface area (Å²) in [5.74, 6) is 0.231. The molecular formula is C25H27ClN4O. The van der Waals surface area contributed by atoms with Gasteiger partial charge in [0.2, 0.25) is 11.9 Å². The summed E-state index contributed by atoms with van der Waals surface area (Å²) in [6.07, 6.45) is 3.50. The number of benzene rings is 2. The van der Waals surface area contributed by atoms with Crippen molar-refractivity contribution >= 4 is 23.5 Å². The predicted octanol–water partition coefficient (Wildman–Crippen LogP) is 5.59. The van der Waals surface area contributed by atoms with Crippen LogP contribution in [0.5, 0.6) is 0 Å². The maximum absolute atomic E-state index is 12.8. The van der Waals surface area contributed by atoms with Crippen LogP contribution < -0.4 is 5.32 Å². The van der Waals surface area contributed by atoms with Gasteiger partial charge in [-0.05, 0) is 51.4 Å². The number of nitrogens with zero attached hydrogens (tertiary/aromatic N) is 3. The van der Waals surface area contributed by atoms with Gasteiger partial charge in [0, 0.05) is 22.2 Å². The van der Waals surface area contributed by atoms with Crippen LogP contribution in [0.4, 0.5) is 5.95 Å². The lowest BCUT2D eigenvalue weighted by Crippen LogP contribution is -2.42. The van der Waals surface area contributed by atoms with Crippen molar-refractivity contribution in [2.45, 2.75) is 39.2 Å². The van der Waals surface area contributed by atoms with Crippen molar-refractivity contribution in [3.63, 3.8) is 0 Å². The van der Waals surface area contributed by atoms with Crippen LogP contribution >= 0.6 is 11.6 Å². The molecule has 0 saturated carbocycles. The summed E-state index contributed by atoms with van der Waals surface area (Å²) in [4.78, 5) is 24.3. The largest absolute Gasteiger partial charge is 0.293 e. The molecule has 4 rings (SSSR count). The minimum atomic E-state index is -0.0862. The number of rotatable bonds is 5. The molecule has 0 bridgehead atoms. The Morgan fingerprint density at radius 3 is 2.26 bits per heavy atom. The maximum atomic E-state index is 12.8. The minimum absolute atomic E-state index is 0.0862. The molecule has 0 aliphatic carbocycles. The van der Waals surface area contributed by atoms with E-state index in [1.165, 1.54) is 12.0 Å². The molecule has 2 aromatic carbocycles. The van der Waals surface area contributed by atoms with Gasteiger partial charge in [0.1, 0.15) is 0 Å². The van der Waals surface area contributed by atoms with Crippen LogP contribution in [0.3, 0.4) is 0 Å². The van der Waals surface area contributed by atoms with E-state index in [1.807, 2.05) is 42.5 Å². The fourth-order valence-corrected chi connectivity index (χ4v) is 4.01. The zero-order valence-electron chi connectivity index (χ0n) is 17.9. The van der Waals surface area contributed by atoms with Crippen molar-refractivity contribution in [1.82, 2.24) is 14.9 Å². The summed E-state index contributed by atoms with van der Waals surface area (Å²) in [5.41, 5.74) is 4.58. The number of likely N-dealkylation sites (tertiary alicyclic amines) is 1. The number of aromatic nitrogens is 2. The van der Waals surface area contributed by atoms with Crippen molar-refractivity contribution in [1.29, 1.82) is 0 Å². The third-order valence-electron chi connectivity index (χ3n) is 5.75. The van der Waals surface area contributed by atoms with Crippen LogP contribution in [-0.4, -0.2) is 39.9 Å². The Balaban J connectivity index is 1.63. The van der Waals surface area contributed by atoms with E-state index in [0.29, 0.717) is 23.6 Å². The first-order valence-electron chi connectivity index (χ1n) is 10.7. The Hall–Kier alpha value is -2.76. The summed E-state index contributed by atoms with van der Waals surface area (Å²) < 4.78 is 0. The summed E-state index contributed by atoms with van der Waals surface area (Å²) in [6, 6.07) is 18.0. The van der Waals surface area contributed by atoms with Crippen molar-refractivity contribution < 1.29 is 4.79 Å². The molecule has 1 amide bonds. The fraction of sp³-hybridized carbons (Fsp3) is 0.320. The van der Waals surface area contributed by atoms with Gasteiger partial charge in [0.15, 0.2) is 0 Å². The molecule has 1 N–H and O–H groups in total. The SMILES string of the molecule is Cc1ccc(-c2cc(-c3ccc(Cl)cc3)nc(NC(=O)CN3CCCCC3C)n2)cc1. The lowest BCUT2D eigenvalue weighted by atomic mass is 10.0. The Morgan fingerprint density at radius 2 is 1.65 bits per heavy atom. The van der Waals surface area contributed by atoms with Gasteiger partial charge in [-0.2, -0.15) is 0 Å². The topological polar surface area (TPSA) is 58.1 Å². The van der Waals surface area contributed by atoms with Crippen molar-refractivity contribution in [2.24, 2.45) is 0 Å². The number of anilines is 1. The molecule has 2 heterocycles. The molecule has 1 fully saturated rings.